The van der Waals surface area contributed by atoms with Gasteiger partial charge < -0.3 is 10.1 Å². The predicted octanol–water partition coefficient (Wildman–Crippen LogP) is 3.51. The van der Waals surface area contributed by atoms with E-state index in [1.165, 1.54) is 34.7 Å². The average molecular weight is 397 g/mol. The lowest BCUT2D eigenvalue weighted by atomic mass is 10.2. The molecule has 0 aliphatic heterocycles. The fourth-order valence-corrected chi connectivity index (χ4v) is 2.80. The van der Waals surface area contributed by atoms with E-state index in [0.717, 1.165) is 0 Å². The van der Waals surface area contributed by atoms with Crippen LogP contribution >= 0.6 is 0 Å². The second kappa shape index (κ2) is 7.74. The highest BCUT2D eigenvalue weighted by Crippen LogP contribution is 2.25. The first-order valence-electron chi connectivity index (χ1n) is 7.73. The Kier molecular flexibility index (Phi) is 5.40. The van der Waals surface area contributed by atoms with Crippen LogP contribution in [0.5, 0.6) is 5.75 Å². The minimum atomic E-state index is -4.73. The number of hydrogen-bond acceptors (Lipinski definition) is 6. The van der Waals surface area contributed by atoms with E-state index in [-0.39, 0.29) is 5.75 Å². The Hall–Kier alpha value is -2.95. The van der Waals surface area contributed by atoms with Crippen LogP contribution in [-0.4, -0.2) is 35.5 Å². The van der Waals surface area contributed by atoms with Gasteiger partial charge in [-0.2, -0.15) is 9.19 Å². The Balaban J connectivity index is 1.74. The number of nitrogens with zero attached hydrogens (tertiary/aromatic N) is 4. The van der Waals surface area contributed by atoms with Crippen LogP contribution in [0.4, 0.5) is 24.7 Å². The van der Waals surface area contributed by atoms with Crippen molar-refractivity contribution in [3.63, 3.8) is 0 Å². The molecule has 2 aromatic heterocycles. The zero-order chi connectivity index (χ0) is 19.4. The van der Waals surface area contributed by atoms with E-state index >= 15 is 0 Å². The standard InChI is InChI=1S/C16H14F3N5O2S/c1-2-27(25)24-9-11(8-22-24)14-7-15(21-10-20-14)23-12-3-5-13(6-4-12)26-16(17,18)19/h3-10H,2H2,1H3,(H,20,21,23). The van der Waals surface area contributed by atoms with Gasteiger partial charge in [0.15, 0.2) is 0 Å². The monoisotopic (exact) mass is 397 g/mol. The lowest BCUT2D eigenvalue weighted by Crippen LogP contribution is -2.16. The molecule has 1 unspecified atom stereocenters. The second-order valence-electron chi connectivity index (χ2n) is 5.23. The van der Waals surface area contributed by atoms with Gasteiger partial charge in [0.1, 0.15) is 28.9 Å². The zero-order valence-electron chi connectivity index (χ0n) is 14.0. The first-order chi connectivity index (χ1) is 12.8. The molecule has 2 heterocycles. The first-order valence-corrected chi connectivity index (χ1v) is 9.00. The molecule has 27 heavy (non-hydrogen) atoms. The average Bonchev–Trinajstić information content (AvgIpc) is 3.12. The Morgan fingerprint density at radius 2 is 1.96 bits per heavy atom. The zero-order valence-corrected chi connectivity index (χ0v) is 14.8. The van der Waals surface area contributed by atoms with Crippen molar-refractivity contribution in [1.29, 1.82) is 0 Å². The van der Waals surface area contributed by atoms with E-state index < -0.39 is 17.3 Å². The number of rotatable bonds is 6. The van der Waals surface area contributed by atoms with Crippen molar-refractivity contribution in [3.05, 3.63) is 49.1 Å². The van der Waals surface area contributed by atoms with Gasteiger partial charge in [-0.1, -0.05) is 6.92 Å². The molecule has 1 atom stereocenters. The fraction of sp³-hybridized carbons (Fsp3) is 0.188. The van der Waals surface area contributed by atoms with Gasteiger partial charge in [-0.15, -0.1) is 13.2 Å². The van der Waals surface area contributed by atoms with Crippen molar-refractivity contribution in [2.45, 2.75) is 13.3 Å². The summed E-state index contributed by atoms with van der Waals surface area (Å²) in [7, 11) is -1.24. The maximum Gasteiger partial charge on any atom is 0.573 e. The summed E-state index contributed by atoms with van der Waals surface area (Å²) in [6, 6.07) is 6.91. The molecule has 0 bridgehead atoms. The van der Waals surface area contributed by atoms with Crippen LogP contribution < -0.4 is 10.1 Å². The van der Waals surface area contributed by atoms with E-state index in [0.29, 0.717) is 28.5 Å². The molecule has 1 aromatic carbocycles. The summed E-state index contributed by atoms with van der Waals surface area (Å²) < 4.78 is 53.5. The van der Waals surface area contributed by atoms with E-state index in [4.69, 9.17) is 0 Å². The van der Waals surface area contributed by atoms with Crippen LogP contribution in [0.25, 0.3) is 11.3 Å². The number of benzene rings is 1. The number of alkyl halides is 3. The highest BCUT2D eigenvalue weighted by molar-refractivity contribution is 7.83. The largest absolute Gasteiger partial charge is 0.573 e. The van der Waals surface area contributed by atoms with Crippen molar-refractivity contribution in [2.75, 3.05) is 11.1 Å². The van der Waals surface area contributed by atoms with Crippen LogP contribution in [0, 0.1) is 0 Å². The third kappa shape index (κ3) is 5.03. The maximum atomic E-state index is 12.2. The molecule has 1 N–H and O–H groups in total. The molecule has 0 amide bonds. The summed E-state index contributed by atoms with van der Waals surface area (Å²) in [6.07, 6.45) is -0.229. The highest BCUT2D eigenvalue weighted by Gasteiger charge is 2.30. The van der Waals surface area contributed by atoms with Gasteiger partial charge in [0, 0.05) is 29.3 Å². The van der Waals surface area contributed by atoms with Crippen molar-refractivity contribution < 1.29 is 22.1 Å². The quantitative estimate of drug-likeness (QED) is 0.686. The smallest absolute Gasteiger partial charge is 0.406 e. The first kappa shape index (κ1) is 18.8. The van der Waals surface area contributed by atoms with E-state index in [1.54, 1.807) is 25.4 Å². The molecule has 0 saturated carbocycles. The van der Waals surface area contributed by atoms with Gasteiger partial charge in [0.25, 0.3) is 0 Å². The lowest BCUT2D eigenvalue weighted by Gasteiger charge is -2.10. The number of nitrogens with one attached hydrogen (secondary N) is 1. The van der Waals surface area contributed by atoms with Crippen molar-refractivity contribution >= 4 is 22.5 Å². The number of ether oxygens (including phenoxy) is 1. The normalized spacial score (nSPS) is 12.6. The molecule has 0 aliphatic carbocycles. The van der Waals surface area contributed by atoms with Gasteiger partial charge in [0.05, 0.1) is 11.9 Å². The topological polar surface area (TPSA) is 81.9 Å². The molecule has 11 heteroatoms. The van der Waals surface area contributed by atoms with E-state index in [2.05, 4.69) is 25.1 Å². The summed E-state index contributed by atoms with van der Waals surface area (Å²) >= 11 is 0. The molecule has 142 valence electrons. The lowest BCUT2D eigenvalue weighted by molar-refractivity contribution is -0.274. The van der Waals surface area contributed by atoms with Gasteiger partial charge in [-0.05, 0) is 24.3 Å². The Bertz CT molecular complexity index is 944. The number of halogens is 3. The van der Waals surface area contributed by atoms with Gasteiger partial charge in [-0.3, -0.25) is 0 Å². The molecule has 0 saturated heterocycles. The van der Waals surface area contributed by atoms with Gasteiger partial charge in [0.2, 0.25) is 0 Å². The molecule has 0 fully saturated rings. The molecule has 3 rings (SSSR count). The highest BCUT2D eigenvalue weighted by atomic mass is 32.2. The van der Waals surface area contributed by atoms with Gasteiger partial charge >= 0.3 is 6.36 Å². The third-order valence-corrected chi connectivity index (χ3v) is 4.45. The van der Waals surface area contributed by atoms with Crippen molar-refractivity contribution in [2.24, 2.45) is 0 Å². The summed E-state index contributed by atoms with van der Waals surface area (Å²) in [5.74, 6) is 0.563. The number of aromatic nitrogens is 4. The van der Waals surface area contributed by atoms with Crippen molar-refractivity contribution in [1.82, 2.24) is 19.2 Å². The van der Waals surface area contributed by atoms with E-state index in [9.17, 15) is 17.4 Å². The Morgan fingerprint density at radius 3 is 2.63 bits per heavy atom. The number of anilines is 2. The SMILES string of the molecule is CCS(=O)n1cc(-c2cc(Nc3ccc(OC(F)(F)F)cc3)ncn2)cn1. The van der Waals surface area contributed by atoms with Gasteiger partial charge in [-0.25, -0.2) is 14.2 Å². The molecule has 7 nitrogen and oxygen atoms in total. The molecular weight excluding hydrogens is 383 g/mol. The van der Waals surface area contributed by atoms with Crippen LogP contribution in [-0.2, 0) is 11.0 Å². The molecule has 0 radical (unpaired) electrons. The van der Waals surface area contributed by atoms with Crippen LogP contribution in [0.3, 0.4) is 0 Å². The predicted molar refractivity (Wildman–Crippen MR) is 93.7 cm³/mol. The summed E-state index contributed by atoms with van der Waals surface area (Å²) in [6.45, 7) is 1.79. The molecule has 3 aromatic rings. The number of hydrogen-bond donors (Lipinski definition) is 1. The Labute approximate surface area is 154 Å². The summed E-state index contributed by atoms with van der Waals surface area (Å²) in [4.78, 5) is 8.24. The molecule has 0 spiro atoms. The fourth-order valence-electron chi connectivity index (χ4n) is 2.15. The Morgan fingerprint density at radius 1 is 1.22 bits per heavy atom. The van der Waals surface area contributed by atoms with E-state index in [1.807, 2.05) is 0 Å². The summed E-state index contributed by atoms with van der Waals surface area (Å²) in [5.41, 5.74) is 1.75. The van der Waals surface area contributed by atoms with Crippen LogP contribution in [0.15, 0.2) is 49.1 Å². The van der Waals surface area contributed by atoms with Crippen LogP contribution in [0.1, 0.15) is 6.92 Å². The minimum absolute atomic E-state index is 0.312. The summed E-state index contributed by atoms with van der Waals surface area (Å²) in [5, 5.41) is 7.02. The van der Waals surface area contributed by atoms with Crippen LogP contribution in [0.2, 0.25) is 0 Å². The van der Waals surface area contributed by atoms with Crippen molar-refractivity contribution in [3.8, 4) is 17.0 Å². The molecule has 0 aliphatic rings. The maximum absolute atomic E-state index is 12.2. The molecular formula is C16H14F3N5O2S. The third-order valence-electron chi connectivity index (χ3n) is 3.34. The minimum Gasteiger partial charge on any atom is -0.406 e. The second-order valence-corrected chi connectivity index (χ2v) is 6.82.